The molecular weight excluding hydrogens is 292 g/mol. The van der Waals surface area contributed by atoms with Crippen molar-refractivity contribution < 1.29 is 14.7 Å². The number of carboxylic acids is 1. The average molecular weight is 315 g/mol. The number of benzene rings is 1. The van der Waals surface area contributed by atoms with Gasteiger partial charge in [0, 0.05) is 5.69 Å². The summed E-state index contributed by atoms with van der Waals surface area (Å²) in [7, 11) is 1.62. The molecule has 0 saturated carbocycles. The Morgan fingerprint density at radius 3 is 2.33 bits per heavy atom. The number of carbonyl (C=O) groups excluding carboxylic acids is 1. The van der Waals surface area contributed by atoms with Gasteiger partial charge in [0.25, 0.3) is 0 Å². The molecule has 0 saturated heterocycles. The summed E-state index contributed by atoms with van der Waals surface area (Å²) in [5.74, 6) is -0.848. The number of carboxylic acid groups (broad SMARTS) is 1. The number of carbonyl (C=O) groups is 2. The molecule has 6 heteroatoms. The van der Waals surface area contributed by atoms with E-state index < -0.39 is 12.0 Å². The number of amides is 1. The molecule has 1 aromatic rings. The lowest BCUT2D eigenvalue weighted by Crippen LogP contribution is -2.40. The number of nitrogens with one attached hydrogen (secondary N) is 1. The number of para-hydroxylation sites is 1. The van der Waals surface area contributed by atoms with Gasteiger partial charge in [0.2, 0.25) is 5.91 Å². The van der Waals surface area contributed by atoms with Crippen molar-refractivity contribution in [1.82, 2.24) is 4.90 Å². The fourth-order valence-corrected chi connectivity index (χ4v) is 1.86. The Hall–Kier alpha value is -1.59. The monoisotopic (exact) mass is 314 g/mol. The molecule has 0 bridgehead atoms. The van der Waals surface area contributed by atoms with Crippen molar-refractivity contribution in [1.29, 1.82) is 0 Å². The summed E-state index contributed by atoms with van der Waals surface area (Å²) in [6.07, 6.45) is 0. The van der Waals surface area contributed by atoms with Gasteiger partial charge < -0.3 is 10.4 Å². The quantitative estimate of drug-likeness (QED) is 0.846. The third-order valence-electron chi connectivity index (χ3n) is 3.27. The topological polar surface area (TPSA) is 69.6 Å². The maximum Gasteiger partial charge on any atom is 0.320 e. The summed E-state index contributed by atoms with van der Waals surface area (Å²) in [6, 6.07) is 6.94. The zero-order valence-corrected chi connectivity index (χ0v) is 13.6. The standard InChI is InChI=1S/C15H22N2O3.ClH/c1-10(2)12-7-5-6-8-13(12)16-14(18)9-17(4)11(3)15(19)20;/h5-8,10-11H,9H2,1-4H3,(H,16,18)(H,19,20);1H. The van der Waals surface area contributed by atoms with Crippen LogP contribution in [0.2, 0.25) is 0 Å². The van der Waals surface area contributed by atoms with Gasteiger partial charge >= 0.3 is 5.97 Å². The minimum absolute atomic E-state index is 0. The molecule has 5 nitrogen and oxygen atoms in total. The summed E-state index contributed by atoms with van der Waals surface area (Å²) in [4.78, 5) is 24.3. The van der Waals surface area contributed by atoms with Gasteiger partial charge in [-0.2, -0.15) is 0 Å². The molecule has 0 aromatic heterocycles. The molecule has 0 fully saturated rings. The van der Waals surface area contributed by atoms with Crippen LogP contribution in [0.3, 0.4) is 0 Å². The Labute approximate surface area is 131 Å². The predicted molar refractivity (Wildman–Crippen MR) is 86.1 cm³/mol. The van der Waals surface area contributed by atoms with Gasteiger partial charge in [-0.05, 0) is 31.5 Å². The zero-order chi connectivity index (χ0) is 15.3. The second kappa shape index (κ2) is 8.64. The van der Waals surface area contributed by atoms with E-state index in [-0.39, 0.29) is 24.9 Å². The van der Waals surface area contributed by atoms with Gasteiger partial charge in [-0.3, -0.25) is 14.5 Å². The van der Waals surface area contributed by atoms with Gasteiger partial charge in [0.1, 0.15) is 6.04 Å². The Balaban J connectivity index is 0.00000400. The van der Waals surface area contributed by atoms with Crippen LogP contribution < -0.4 is 5.32 Å². The van der Waals surface area contributed by atoms with Crippen LogP contribution in [-0.2, 0) is 9.59 Å². The molecule has 1 aromatic carbocycles. The van der Waals surface area contributed by atoms with Crippen LogP contribution in [-0.4, -0.2) is 41.5 Å². The highest BCUT2D eigenvalue weighted by Gasteiger charge is 2.19. The first-order valence-corrected chi connectivity index (χ1v) is 6.64. The molecule has 2 N–H and O–H groups in total. The van der Waals surface area contributed by atoms with Gasteiger partial charge in [0.05, 0.1) is 6.54 Å². The summed E-state index contributed by atoms with van der Waals surface area (Å²) in [6.45, 7) is 5.71. The van der Waals surface area contributed by atoms with Crippen molar-refractivity contribution in [2.24, 2.45) is 0 Å². The van der Waals surface area contributed by atoms with Crippen LogP contribution in [0, 0.1) is 0 Å². The minimum Gasteiger partial charge on any atom is -0.480 e. The lowest BCUT2D eigenvalue weighted by atomic mass is 10.0. The zero-order valence-electron chi connectivity index (χ0n) is 12.8. The van der Waals surface area contributed by atoms with Crippen LogP contribution in [0.5, 0.6) is 0 Å². The Morgan fingerprint density at radius 2 is 1.81 bits per heavy atom. The number of hydrogen-bond donors (Lipinski definition) is 2. The second-order valence-corrected chi connectivity index (χ2v) is 5.22. The number of nitrogens with zero attached hydrogens (tertiary/aromatic N) is 1. The van der Waals surface area contributed by atoms with Crippen molar-refractivity contribution in [2.75, 3.05) is 18.9 Å². The summed E-state index contributed by atoms with van der Waals surface area (Å²) >= 11 is 0. The highest BCUT2D eigenvalue weighted by Crippen LogP contribution is 2.23. The summed E-state index contributed by atoms with van der Waals surface area (Å²) in [5.41, 5.74) is 1.85. The highest BCUT2D eigenvalue weighted by atomic mass is 35.5. The van der Waals surface area contributed by atoms with E-state index >= 15 is 0 Å². The normalized spacial score (nSPS) is 11.9. The average Bonchev–Trinajstić information content (AvgIpc) is 2.37. The van der Waals surface area contributed by atoms with Crippen LogP contribution in [0.4, 0.5) is 5.69 Å². The molecule has 1 rings (SSSR count). The van der Waals surface area contributed by atoms with Crippen molar-refractivity contribution in [3.8, 4) is 0 Å². The van der Waals surface area contributed by atoms with E-state index in [0.29, 0.717) is 5.92 Å². The van der Waals surface area contributed by atoms with Gasteiger partial charge in [0.15, 0.2) is 0 Å². The van der Waals surface area contributed by atoms with E-state index in [0.717, 1.165) is 11.3 Å². The van der Waals surface area contributed by atoms with Crippen LogP contribution in [0.15, 0.2) is 24.3 Å². The van der Waals surface area contributed by atoms with Gasteiger partial charge in [-0.1, -0.05) is 32.0 Å². The van der Waals surface area contributed by atoms with E-state index in [2.05, 4.69) is 19.2 Å². The number of aliphatic carboxylic acids is 1. The van der Waals surface area contributed by atoms with Crippen LogP contribution in [0.1, 0.15) is 32.3 Å². The lowest BCUT2D eigenvalue weighted by Gasteiger charge is -2.21. The lowest BCUT2D eigenvalue weighted by molar-refractivity contribution is -0.142. The van der Waals surface area contributed by atoms with Crippen LogP contribution >= 0.6 is 12.4 Å². The molecule has 0 radical (unpaired) electrons. The fourth-order valence-electron chi connectivity index (χ4n) is 1.86. The molecule has 0 aliphatic rings. The molecule has 21 heavy (non-hydrogen) atoms. The number of likely N-dealkylation sites (N-methyl/N-ethyl adjacent to an activating group) is 1. The van der Waals surface area contributed by atoms with E-state index in [4.69, 9.17) is 5.11 Å². The number of anilines is 1. The van der Waals surface area contributed by atoms with Crippen molar-refractivity contribution in [3.05, 3.63) is 29.8 Å². The Kier molecular flexibility index (Phi) is 7.99. The third-order valence-corrected chi connectivity index (χ3v) is 3.27. The number of halogens is 1. The molecule has 0 heterocycles. The first-order valence-electron chi connectivity index (χ1n) is 6.64. The minimum atomic E-state index is -0.942. The first-order chi connectivity index (χ1) is 9.32. The molecule has 118 valence electrons. The van der Waals surface area contributed by atoms with Crippen LogP contribution in [0.25, 0.3) is 0 Å². The largest absolute Gasteiger partial charge is 0.480 e. The predicted octanol–water partition coefficient (Wildman–Crippen LogP) is 2.58. The Morgan fingerprint density at radius 1 is 1.24 bits per heavy atom. The van der Waals surface area contributed by atoms with Crippen molar-refractivity contribution in [3.63, 3.8) is 0 Å². The fraction of sp³-hybridized carbons (Fsp3) is 0.467. The molecular formula is C15H23ClN2O3. The molecule has 1 amide bonds. The van der Waals surface area contributed by atoms with E-state index in [9.17, 15) is 9.59 Å². The van der Waals surface area contributed by atoms with Gasteiger partial charge in [-0.25, -0.2) is 0 Å². The second-order valence-electron chi connectivity index (χ2n) is 5.22. The maximum atomic E-state index is 12.0. The molecule has 0 aliphatic heterocycles. The number of hydrogen-bond acceptors (Lipinski definition) is 3. The van der Waals surface area contributed by atoms with E-state index in [1.54, 1.807) is 14.0 Å². The molecule has 1 atom stereocenters. The molecule has 1 unspecified atom stereocenters. The molecule has 0 aliphatic carbocycles. The van der Waals surface area contributed by atoms with Gasteiger partial charge in [-0.15, -0.1) is 12.4 Å². The summed E-state index contributed by atoms with van der Waals surface area (Å²) < 4.78 is 0. The SMILES string of the molecule is CC(C)c1ccccc1NC(=O)CN(C)C(C)C(=O)O.Cl. The molecule has 0 spiro atoms. The maximum absolute atomic E-state index is 12.0. The first kappa shape index (κ1) is 19.4. The van der Waals surface area contributed by atoms with Crippen molar-refractivity contribution in [2.45, 2.75) is 32.7 Å². The summed E-state index contributed by atoms with van der Waals surface area (Å²) in [5, 5.41) is 11.7. The third kappa shape index (κ3) is 5.73. The smallest absolute Gasteiger partial charge is 0.320 e. The van der Waals surface area contributed by atoms with Crippen molar-refractivity contribution >= 4 is 30.0 Å². The Bertz CT molecular complexity index is 492. The van der Waals surface area contributed by atoms with E-state index in [1.807, 2.05) is 24.3 Å². The number of rotatable bonds is 6. The highest BCUT2D eigenvalue weighted by molar-refractivity contribution is 5.93. The van der Waals surface area contributed by atoms with E-state index in [1.165, 1.54) is 4.90 Å².